The number of imidazole rings is 1. The van der Waals surface area contributed by atoms with Crippen molar-refractivity contribution >= 4 is 23.2 Å². The van der Waals surface area contributed by atoms with Gasteiger partial charge in [-0.3, -0.25) is 0 Å². The highest BCUT2D eigenvalue weighted by Gasteiger charge is 2.26. The molecule has 4 heterocycles. The van der Waals surface area contributed by atoms with E-state index in [9.17, 15) is 4.79 Å². The molecule has 1 atom stereocenters. The minimum Gasteiger partial charge on any atom is -0.493 e. The third-order valence-corrected chi connectivity index (χ3v) is 5.24. The van der Waals surface area contributed by atoms with Gasteiger partial charge in [0.15, 0.2) is 5.65 Å². The van der Waals surface area contributed by atoms with Gasteiger partial charge in [-0.2, -0.15) is 0 Å². The van der Waals surface area contributed by atoms with E-state index in [2.05, 4.69) is 20.7 Å². The van der Waals surface area contributed by atoms with E-state index in [0.717, 1.165) is 54.3 Å². The van der Waals surface area contributed by atoms with Gasteiger partial charge in [0.2, 0.25) is 0 Å². The third-order valence-electron chi connectivity index (χ3n) is 5.24. The number of carbonyl (C=O) groups is 1. The number of carbonyl (C=O) groups excluding carboxylic acids is 1. The zero-order valence-corrected chi connectivity index (χ0v) is 15.5. The lowest BCUT2D eigenvalue weighted by Crippen LogP contribution is -2.35. The summed E-state index contributed by atoms with van der Waals surface area (Å²) >= 11 is 0. The van der Waals surface area contributed by atoms with Crippen LogP contribution in [0.4, 0.5) is 16.3 Å². The van der Waals surface area contributed by atoms with Crippen molar-refractivity contribution in [1.82, 2.24) is 19.5 Å². The molecule has 0 bridgehead atoms. The van der Waals surface area contributed by atoms with Gasteiger partial charge in [-0.05, 0) is 55.2 Å². The lowest BCUT2D eigenvalue weighted by Gasteiger charge is -2.20. The number of likely N-dealkylation sites (tertiary alicyclic amines) is 1. The van der Waals surface area contributed by atoms with Crippen LogP contribution in [0.3, 0.4) is 0 Å². The van der Waals surface area contributed by atoms with E-state index in [1.54, 1.807) is 10.7 Å². The number of hydrogen-bond acceptors (Lipinski definition) is 5. The second-order valence-corrected chi connectivity index (χ2v) is 7.23. The Morgan fingerprint density at radius 1 is 1.25 bits per heavy atom. The molecule has 5 rings (SSSR count). The van der Waals surface area contributed by atoms with Crippen LogP contribution in [-0.2, 0) is 6.42 Å². The summed E-state index contributed by atoms with van der Waals surface area (Å²) in [5.74, 6) is 1.71. The standard InChI is InChI=1S/C20H22N6O2/c27-20(23-15-3-4-17-14(12-15)2-1-11-28-17)25-9-7-16(13-25)22-18-5-6-19-21-8-10-26(19)24-18/h3-6,8,10,12,16H,1-2,7,9,11,13H2,(H,22,24)(H,23,27). The maximum Gasteiger partial charge on any atom is 0.321 e. The van der Waals surface area contributed by atoms with Crippen LogP contribution in [0.15, 0.2) is 42.7 Å². The van der Waals surface area contributed by atoms with Crippen LogP contribution >= 0.6 is 0 Å². The van der Waals surface area contributed by atoms with Gasteiger partial charge in [0.1, 0.15) is 11.6 Å². The molecular weight excluding hydrogens is 356 g/mol. The van der Waals surface area contributed by atoms with Gasteiger partial charge < -0.3 is 20.3 Å². The molecule has 0 radical (unpaired) electrons. The first-order valence-electron chi connectivity index (χ1n) is 9.63. The Morgan fingerprint density at radius 2 is 2.21 bits per heavy atom. The van der Waals surface area contributed by atoms with Crippen molar-refractivity contribution in [3.8, 4) is 5.75 Å². The zero-order valence-electron chi connectivity index (χ0n) is 15.5. The first kappa shape index (κ1) is 16.9. The lowest BCUT2D eigenvalue weighted by molar-refractivity contribution is 0.222. The number of rotatable bonds is 3. The van der Waals surface area contributed by atoms with Crippen molar-refractivity contribution in [2.45, 2.75) is 25.3 Å². The van der Waals surface area contributed by atoms with Gasteiger partial charge in [0.05, 0.1) is 6.61 Å². The van der Waals surface area contributed by atoms with Crippen LogP contribution in [-0.4, -0.2) is 51.3 Å². The molecular formula is C20H22N6O2. The van der Waals surface area contributed by atoms with Crippen molar-refractivity contribution in [3.63, 3.8) is 0 Å². The fraction of sp³-hybridized carbons (Fsp3) is 0.350. The summed E-state index contributed by atoms with van der Waals surface area (Å²) in [5, 5.41) is 10.9. The molecule has 0 spiro atoms. The second-order valence-electron chi connectivity index (χ2n) is 7.23. The number of hydrogen-bond donors (Lipinski definition) is 2. The Balaban J connectivity index is 1.20. The highest BCUT2D eigenvalue weighted by molar-refractivity contribution is 5.89. The van der Waals surface area contributed by atoms with E-state index < -0.39 is 0 Å². The molecule has 1 saturated heterocycles. The number of ether oxygens (including phenoxy) is 1. The van der Waals surface area contributed by atoms with Crippen LogP contribution in [0.1, 0.15) is 18.4 Å². The number of urea groups is 1. The number of nitrogens with zero attached hydrogens (tertiary/aromatic N) is 4. The molecule has 0 saturated carbocycles. The first-order valence-corrected chi connectivity index (χ1v) is 9.63. The smallest absolute Gasteiger partial charge is 0.321 e. The molecule has 1 aromatic carbocycles. The highest BCUT2D eigenvalue weighted by atomic mass is 16.5. The molecule has 8 heteroatoms. The molecule has 2 aliphatic rings. The number of anilines is 2. The largest absolute Gasteiger partial charge is 0.493 e. The van der Waals surface area contributed by atoms with E-state index in [1.165, 1.54) is 0 Å². The average molecular weight is 378 g/mol. The maximum absolute atomic E-state index is 12.6. The van der Waals surface area contributed by atoms with E-state index in [1.807, 2.05) is 41.4 Å². The van der Waals surface area contributed by atoms with E-state index >= 15 is 0 Å². The molecule has 2 aromatic heterocycles. The highest BCUT2D eigenvalue weighted by Crippen LogP contribution is 2.28. The van der Waals surface area contributed by atoms with Gasteiger partial charge in [-0.1, -0.05) is 0 Å². The summed E-state index contributed by atoms with van der Waals surface area (Å²) in [6, 6.07) is 9.81. The predicted octanol–water partition coefficient (Wildman–Crippen LogP) is 2.77. The third kappa shape index (κ3) is 3.33. The monoisotopic (exact) mass is 378 g/mol. The molecule has 28 heavy (non-hydrogen) atoms. The predicted molar refractivity (Wildman–Crippen MR) is 106 cm³/mol. The van der Waals surface area contributed by atoms with Crippen molar-refractivity contribution < 1.29 is 9.53 Å². The van der Waals surface area contributed by atoms with E-state index in [-0.39, 0.29) is 12.1 Å². The van der Waals surface area contributed by atoms with Crippen LogP contribution in [0, 0.1) is 0 Å². The summed E-state index contributed by atoms with van der Waals surface area (Å²) in [4.78, 5) is 18.7. The number of amides is 2. The summed E-state index contributed by atoms with van der Waals surface area (Å²) < 4.78 is 7.37. The normalized spacial score (nSPS) is 18.6. The Kier molecular flexibility index (Phi) is 4.23. The minimum atomic E-state index is -0.0704. The number of benzene rings is 1. The number of aryl methyl sites for hydroxylation is 1. The van der Waals surface area contributed by atoms with Gasteiger partial charge in [-0.15, -0.1) is 5.10 Å². The fourth-order valence-electron chi connectivity index (χ4n) is 3.80. The van der Waals surface area contributed by atoms with Crippen molar-refractivity contribution in [3.05, 3.63) is 48.3 Å². The van der Waals surface area contributed by atoms with E-state index in [0.29, 0.717) is 13.1 Å². The zero-order chi connectivity index (χ0) is 18.9. The summed E-state index contributed by atoms with van der Waals surface area (Å²) in [7, 11) is 0. The number of aromatic nitrogens is 3. The summed E-state index contributed by atoms with van der Waals surface area (Å²) in [6.07, 6.45) is 6.43. The Bertz CT molecular complexity index is 1020. The molecule has 2 amide bonds. The van der Waals surface area contributed by atoms with Crippen LogP contribution in [0.2, 0.25) is 0 Å². The molecule has 1 unspecified atom stereocenters. The fourth-order valence-corrected chi connectivity index (χ4v) is 3.80. The Morgan fingerprint density at radius 3 is 3.18 bits per heavy atom. The quantitative estimate of drug-likeness (QED) is 0.732. The minimum absolute atomic E-state index is 0.0704. The Hall–Kier alpha value is -3.29. The SMILES string of the molecule is O=C(Nc1ccc2c(c1)CCCO2)N1CCC(Nc2ccc3nccn3n2)C1. The van der Waals surface area contributed by atoms with Crippen LogP contribution in [0.25, 0.3) is 5.65 Å². The molecule has 2 aliphatic heterocycles. The van der Waals surface area contributed by atoms with E-state index in [4.69, 9.17) is 4.74 Å². The molecule has 1 fully saturated rings. The topological polar surface area (TPSA) is 83.8 Å². The average Bonchev–Trinajstić information content (AvgIpc) is 3.37. The van der Waals surface area contributed by atoms with Crippen LogP contribution in [0.5, 0.6) is 5.75 Å². The Labute approximate surface area is 162 Å². The lowest BCUT2D eigenvalue weighted by atomic mass is 10.1. The van der Waals surface area contributed by atoms with Gasteiger partial charge in [-0.25, -0.2) is 14.3 Å². The number of nitrogens with one attached hydrogen (secondary N) is 2. The van der Waals surface area contributed by atoms with Crippen molar-refractivity contribution in [2.24, 2.45) is 0 Å². The molecule has 3 aromatic rings. The maximum atomic E-state index is 12.6. The summed E-state index contributed by atoms with van der Waals surface area (Å²) in [5.41, 5.74) is 2.79. The van der Waals surface area contributed by atoms with Gasteiger partial charge in [0.25, 0.3) is 0 Å². The van der Waals surface area contributed by atoms with Crippen molar-refractivity contribution in [1.29, 1.82) is 0 Å². The molecule has 0 aliphatic carbocycles. The molecule has 8 nitrogen and oxygen atoms in total. The second kappa shape index (κ2) is 7.03. The van der Waals surface area contributed by atoms with Crippen LogP contribution < -0.4 is 15.4 Å². The van der Waals surface area contributed by atoms with Gasteiger partial charge in [0, 0.05) is 37.2 Å². The first-order chi connectivity index (χ1) is 13.7. The van der Waals surface area contributed by atoms with Gasteiger partial charge >= 0.3 is 6.03 Å². The molecule has 144 valence electrons. The number of fused-ring (bicyclic) bond motifs is 2. The summed E-state index contributed by atoms with van der Waals surface area (Å²) in [6.45, 7) is 2.12. The van der Waals surface area contributed by atoms with Crippen molar-refractivity contribution in [2.75, 3.05) is 30.3 Å². The molecule has 2 N–H and O–H groups in total.